The summed E-state index contributed by atoms with van der Waals surface area (Å²) in [4.78, 5) is 0. The van der Waals surface area contributed by atoms with Crippen LogP contribution in [0.1, 0.15) is 54.4 Å². The second kappa shape index (κ2) is 4.99. The van der Waals surface area contributed by atoms with Crippen LogP contribution in [0.15, 0.2) is 0 Å². The zero-order valence-corrected chi connectivity index (χ0v) is 10.1. The van der Waals surface area contributed by atoms with Crippen LogP contribution in [0.5, 0.6) is 0 Å². The van der Waals surface area contributed by atoms with E-state index in [9.17, 15) is 5.11 Å². The van der Waals surface area contributed by atoms with Gasteiger partial charge in [-0.1, -0.05) is 41.0 Å². The van der Waals surface area contributed by atoms with Crippen molar-refractivity contribution in [1.29, 1.82) is 0 Å². The summed E-state index contributed by atoms with van der Waals surface area (Å²) in [6, 6.07) is 0. The number of rotatable bonds is 5. The van der Waals surface area contributed by atoms with Gasteiger partial charge in [-0.2, -0.15) is 0 Å². The Morgan fingerprint density at radius 3 is 1.85 bits per heavy atom. The van der Waals surface area contributed by atoms with Crippen molar-refractivity contribution in [2.75, 3.05) is 0 Å². The molecule has 0 bridgehead atoms. The van der Waals surface area contributed by atoms with Crippen LogP contribution in [0.2, 0.25) is 0 Å². The van der Waals surface area contributed by atoms with Crippen molar-refractivity contribution >= 4 is 0 Å². The Morgan fingerprint density at radius 2 is 1.62 bits per heavy atom. The van der Waals surface area contributed by atoms with E-state index in [1.165, 1.54) is 0 Å². The molecule has 0 aromatic rings. The predicted molar refractivity (Wildman–Crippen MR) is 58.7 cm³/mol. The highest BCUT2D eigenvalue weighted by Gasteiger charge is 2.27. The second-order valence-corrected chi connectivity index (χ2v) is 5.26. The average molecular weight is 186 g/mol. The van der Waals surface area contributed by atoms with Gasteiger partial charge >= 0.3 is 0 Å². The molecule has 1 heteroatoms. The van der Waals surface area contributed by atoms with Crippen LogP contribution >= 0.6 is 0 Å². The van der Waals surface area contributed by atoms with Crippen molar-refractivity contribution in [1.82, 2.24) is 0 Å². The van der Waals surface area contributed by atoms with Gasteiger partial charge in [0.15, 0.2) is 0 Å². The minimum absolute atomic E-state index is 0.164. The van der Waals surface area contributed by atoms with E-state index in [0.717, 1.165) is 12.8 Å². The van der Waals surface area contributed by atoms with E-state index in [4.69, 9.17) is 0 Å². The molecule has 0 saturated carbocycles. The Balaban J connectivity index is 4.22. The molecular formula is C12H26O. The zero-order valence-electron chi connectivity index (χ0n) is 10.1. The van der Waals surface area contributed by atoms with Crippen molar-refractivity contribution in [3.05, 3.63) is 0 Å². The lowest BCUT2D eigenvalue weighted by atomic mass is 9.73. The second-order valence-electron chi connectivity index (χ2n) is 5.26. The molecular weight excluding hydrogens is 160 g/mol. The molecule has 0 aromatic heterocycles. The lowest BCUT2D eigenvalue weighted by Crippen LogP contribution is -2.27. The van der Waals surface area contributed by atoms with E-state index < -0.39 is 0 Å². The van der Waals surface area contributed by atoms with Gasteiger partial charge in [-0.15, -0.1) is 0 Å². The van der Waals surface area contributed by atoms with Crippen molar-refractivity contribution in [3.63, 3.8) is 0 Å². The fourth-order valence-corrected chi connectivity index (χ4v) is 1.57. The molecule has 0 spiro atoms. The summed E-state index contributed by atoms with van der Waals surface area (Å²) in [7, 11) is 0. The Hall–Kier alpha value is -0.0400. The summed E-state index contributed by atoms with van der Waals surface area (Å²) >= 11 is 0. The van der Waals surface area contributed by atoms with E-state index >= 15 is 0 Å². The van der Waals surface area contributed by atoms with Gasteiger partial charge in [0.1, 0.15) is 0 Å². The zero-order chi connectivity index (χ0) is 10.6. The molecule has 2 atom stereocenters. The van der Waals surface area contributed by atoms with E-state index in [0.29, 0.717) is 17.3 Å². The van der Waals surface area contributed by atoms with Crippen molar-refractivity contribution < 1.29 is 5.11 Å². The topological polar surface area (TPSA) is 20.2 Å². The first-order valence-electron chi connectivity index (χ1n) is 5.49. The monoisotopic (exact) mass is 186 g/mol. The molecule has 1 N–H and O–H groups in total. The van der Waals surface area contributed by atoms with Crippen LogP contribution in [0, 0.1) is 17.3 Å². The summed E-state index contributed by atoms with van der Waals surface area (Å²) in [5.41, 5.74) is 0.345. The molecule has 0 saturated heterocycles. The number of hydrogen-bond donors (Lipinski definition) is 1. The van der Waals surface area contributed by atoms with Gasteiger partial charge in [-0.25, -0.2) is 0 Å². The lowest BCUT2D eigenvalue weighted by Gasteiger charge is -2.34. The SMILES string of the molecule is CCC(CC(C)(C)C(C)C)C(C)O. The summed E-state index contributed by atoms with van der Waals surface area (Å²) in [5, 5.41) is 9.56. The molecule has 0 aliphatic rings. The fraction of sp³-hybridized carbons (Fsp3) is 1.00. The Labute approximate surface area is 83.5 Å². The normalized spacial score (nSPS) is 17.5. The van der Waals surface area contributed by atoms with Crippen molar-refractivity contribution in [2.24, 2.45) is 17.3 Å². The van der Waals surface area contributed by atoms with Crippen molar-refractivity contribution in [2.45, 2.75) is 60.5 Å². The molecule has 1 nitrogen and oxygen atoms in total. The summed E-state index contributed by atoms with van der Waals surface area (Å²) < 4.78 is 0. The predicted octanol–water partition coefficient (Wildman–Crippen LogP) is 3.47. The Bertz CT molecular complexity index is 136. The molecule has 2 unspecified atom stereocenters. The molecule has 13 heavy (non-hydrogen) atoms. The smallest absolute Gasteiger partial charge is 0.0540 e. The minimum atomic E-state index is -0.164. The largest absolute Gasteiger partial charge is 0.393 e. The maximum atomic E-state index is 9.56. The lowest BCUT2D eigenvalue weighted by molar-refractivity contribution is 0.0745. The van der Waals surface area contributed by atoms with Crippen LogP contribution in [0.3, 0.4) is 0 Å². The Kier molecular flexibility index (Phi) is 4.98. The van der Waals surface area contributed by atoms with Gasteiger partial charge in [0.25, 0.3) is 0 Å². The summed E-state index contributed by atoms with van der Waals surface area (Å²) in [5.74, 6) is 1.14. The highest BCUT2D eigenvalue weighted by molar-refractivity contribution is 4.78. The van der Waals surface area contributed by atoms with Gasteiger partial charge in [-0.3, -0.25) is 0 Å². The molecule has 0 heterocycles. The van der Waals surface area contributed by atoms with Gasteiger partial charge in [0, 0.05) is 0 Å². The molecule has 0 fully saturated rings. The number of aliphatic hydroxyl groups is 1. The van der Waals surface area contributed by atoms with Crippen molar-refractivity contribution in [3.8, 4) is 0 Å². The van der Waals surface area contributed by atoms with Crippen LogP contribution < -0.4 is 0 Å². The first-order chi connectivity index (χ1) is 5.81. The molecule has 0 radical (unpaired) electrons. The molecule has 0 aromatic carbocycles. The van der Waals surface area contributed by atoms with E-state index in [1.54, 1.807) is 0 Å². The first-order valence-corrected chi connectivity index (χ1v) is 5.49. The standard InChI is InChI=1S/C12H26O/c1-7-11(10(4)13)8-12(5,6)9(2)3/h9-11,13H,7-8H2,1-6H3. The third-order valence-electron chi connectivity index (χ3n) is 3.56. The third-order valence-corrected chi connectivity index (χ3v) is 3.56. The number of aliphatic hydroxyl groups excluding tert-OH is 1. The molecule has 0 amide bonds. The van der Waals surface area contributed by atoms with Gasteiger partial charge < -0.3 is 5.11 Å². The molecule has 80 valence electrons. The maximum Gasteiger partial charge on any atom is 0.0540 e. The van der Waals surface area contributed by atoms with Crippen LogP contribution in [0.4, 0.5) is 0 Å². The quantitative estimate of drug-likeness (QED) is 0.697. The summed E-state index contributed by atoms with van der Waals surface area (Å²) in [6.45, 7) is 13.2. The van der Waals surface area contributed by atoms with Gasteiger partial charge in [-0.05, 0) is 30.6 Å². The van der Waals surface area contributed by atoms with Crippen LogP contribution in [-0.4, -0.2) is 11.2 Å². The third kappa shape index (κ3) is 4.12. The Morgan fingerprint density at radius 1 is 1.15 bits per heavy atom. The first kappa shape index (κ1) is 13.0. The highest BCUT2D eigenvalue weighted by Crippen LogP contribution is 2.35. The average Bonchev–Trinajstić information content (AvgIpc) is 1.99. The van der Waals surface area contributed by atoms with Crippen LogP contribution in [0.25, 0.3) is 0 Å². The maximum absolute atomic E-state index is 9.56. The van der Waals surface area contributed by atoms with E-state index in [-0.39, 0.29) is 6.10 Å². The van der Waals surface area contributed by atoms with Gasteiger partial charge in [0.05, 0.1) is 6.10 Å². The molecule has 0 aliphatic heterocycles. The number of hydrogen-bond acceptors (Lipinski definition) is 1. The van der Waals surface area contributed by atoms with E-state index in [2.05, 4.69) is 34.6 Å². The minimum Gasteiger partial charge on any atom is -0.393 e. The molecule has 0 aliphatic carbocycles. The van der Waals surface area contributed by atoms with Gasteiger partial charge in [0.2, 0.25) is 0 Å². The summed E-state index contributed by atoms with van der Waals surface area (Å²) in [6.07, 6.45) is 2.04. The molecule has 0 rings (SSSR count). The fourth-order valence-electron chi connectivity index (χ4n) is 1.57. The van der Waals surface area contributed by atoms with E-state index in [1.807, 2.05) is 6.92 Å². The van der Waals surface area contributed by atoms with Crippen LogP contribution in [-0.2, 0) is 0 Å². The highest BCUT2D eigenvalue weighted by atomic mass is 16.3.